The molecule has 1 unspecified atom stereocenters. The molecule has 13 heavy (non-hydrogen) atoms. The molecule has 0 spiro atoms. The molecule has 0 radical (unpaired) electrons. The molecule has 0 fully saturated rings. The van der Waals surface area contributed by atoms with Gasteiger partial charge in [0.1, 0.15) is 5.84 Å². The minimum atomic E-state index is 0.0793. The number of allylic oxidation sites excluding steroid dienone is 1. The van der Waals surface area contributed by atoms with E-state index in [4.69, 9.17) is 10.9 Å². The normalized spacial score (nSPS) is 15.1. The van der Waals surface area contributed by atoms with Gasteiger partial charge in [-0.2, -0.15) is 0 Å². The summed E-state index contributed by atoms with van der Waals surface area (Å²) in [7, 11) is 0. The predicted molar refractivity (Wildman–Crippen MR) is 54.9 cm³/mol. The Morgan fingerprint density at radius 3 is 2.92 bits per heavy atom. The maximum atomic E-state index is 8.37. The fourth-order valence-corrected chi connectivity index (χ4v) is 0.874. The summed E-state index contributed by atoms with van der Waals surface area (Å²) in [4.78, 5) is 0. The third-order valence-corrected chi connectivity index (χ3v) is 1.79. The van der Waals surface area contributed by atoms with Crippen LogP contribution in [0.15, 0.2) is 17.3 Å². The topological polar surface area (TPSA) is 70.6 Å². The van der Waals surface area contributed by atoms with E-state index in [9.17, 15) is 0 Å². The Hall–Kier alpha value is -1.03. The van der Waals surface area contributed by atoms with Crippen LogP contribution in [-0.2, 0) is 0 Å². The Bertz CT molecular complexity index is 178. The summed E-state index contributed by atoms with van der Waals surface area (Å²) in [6.45, 7) is 5.58. The van der Waals surface area contributed by atoms with Crippen LogP contribution in [0.4, 0.5) is 0 Å². The Labute approximate surface area is 79.5 Å². The lowest BCUT2D eigenvalue weighted by Crippen LogP contribution is -2.31. The first-order valence-corrected chi connectivity index (χ1v) is 4.51. The van der Waals surface area contributed by atoms with Crippen molar-refractivity contribution in [2.75, 3.05) is 13.1 Å². The molecule has 4 nitrogen and oxygen atoms in total. The van der Waals surface area contributed by atoms with Gasteiger partial charge in [-0.15, -0.1) is 0 Å². The standard InChI is InChI=1S/C9H19N3O/c1-3-4-5-6-11-7-8(2)9(10)12-13/h3-4,8,11,13H,5-7H2,1-2H3,(H2,10,12)/b4-3+. The molecule has 76 valence electrons. The summed E-state index contributed by atoms with van der Waals surface area (Å²) in [6, 6.07) is 0. The molecule has 0 saturated carbocycles. The number of hydrogen-bond donors (Lipinski definition) is 3. The maximum Gasteiger partial charge on any atom is 0.143 e. The molecule has 0 saturated heterocycles. The number of amidine groups is 1. The molecule has 0 rings (SSSR count). The van der Waals surface area contributed by atoms with E-state index in [1.807, 2.05) is 19.9 Å². The van der Waals surface area contributed by atoms with Gasteiger partial charge in [-0.3, -0.25) is 0 Å². The highest BCUT2D eigenvalue weighted by molar-refractivity contribution is 5.82. The van der Waals surface area contributed by atoms with Crippen LogP contribution < -0.4 is 11.1 Å². The third kappa shape index (κ3) is 6.16. The highest BCUT2D eigenvalue weighted by Crippen LogP contribution is 1.91. The van der Waals surface area contributed by atoms with Gasteiger partial charge in [-0.25, -0.2) is 0 Å². The number of hydrogen-bond acceptors (Lipinski definition) is 3. The minimum absolute atomic E-state index is 0.0793. The molecule has 0 heterocycles. The van der Waals surface area contributed by atoms with Gasteiger partial charge in [0, 0.05) is 12.5 Å². The summed E-state index contributed by atoms with van der Waals surface area (Å²) in [6.07, 6.45) is 5.13. The second-order valence-electron chi connectivity index (χ2n) is 2.99. The van der Waals surface area contributed by atoms with Crippen LogP contribution in [0, 0.1) is 5.92 Å². The molecule has 0 aliphatic rings. The second kappa shape index (κ2) is 7.61. The first-order valence-electron chi connectivity index (χ1n) is 4.51. The molecular weight excluding hydrogens is 166 g/mol. The van der Waals surface area contributed by atoms with Crippen molar-refractivity contribution in [2.24, 2.45) is 16.8 Å². The molecule has 1 atom stereocenters. The lowest BCUT2D eigenvalue weighted by Gasteiger charge is -2.09. The summed E-state index contributed by atoms with van der Waals surface area (Å²) in [5.41, 5.74) is 5.40. The van der Waals surface area contributed by atoms with E-state index >= 15 is 0 Å². The number of rotatable bonds is 6. The highest BCUT2D eigenvalue weighted by Gasteiger charge is 2.05. The van der Waals surface area contributed by atoms with E-state index in [1.165, 1.54) is 0 Å². The zero-order valence-corrected chi connectivity index (χ0v) is 8.33. The van der Waals surface area contributed by atoms with Crippen molar-refractivity contribution < 1.29 is 5.21 Å². The van der Waals surface area contributed by atoms with Crippen molar-refractivity contribution in [3.8, 4) is 0 Å². The van der Waals surface area contributed by atoms with Crippen LogP contribution in [0.5, 0.6) is 0 Å². The maximum absolute atomic E-state index is 8.37. The Morgan fingerprint density at radius 1 is 1.69 bits per heavy atom. The van der Waals surface area contributed by atoms with E-state index in [1.54, 1.807) is 0 Å². The second-order valence-corrected chi connectivity index (χ2v) is 2.99. The van der Waals surface area contributed by atoms with Crippen molar-refractivity contribution in [2.45, 2.75) is 20.3 Å². The SMILES string of the molecule is C/C=C/CCNCC(C)/C(N)=N/O. The quantitative estimate of drug-likeness (QED) is 0.144. The first kappa shape index (κ1) is 12.0. The molecule has 0 aliphatic carbocycles. The van der Waals surface area contributed by atoms with E-state index in [-0.39, 0.29) is 11.8 Å². The molecule has 4 N–H and O–H groups in total. The van der Waals surface area contributed by atoms with Crippen LogP contribution in [0.25, 0.3) is 0 Å². The van der Waals surface area contributed by atoms with Gasteiger partial charge in [0.15, 0.2) is 0 Å². The van der Waals surface area contributed by atoms with Crippen molar-refractivity contribution in [3.05, 3.63) is 12.2 Å². The molecule has 0 amide bonds. The number of nitrogens with zero attached hydrogens (tertiary/aromatic N) is 1. The van der Waals surface area contributed by atoms with E-state index in [0.717, 1.165) is 19.5 Å². The molecule has 4 heteroatoms. The Balaban J connectivity index is 3.42. The van der Waals surface area contributed by atoms with Crippen LogP contribution >= 0.6 is 0 Å². The van der Waals surface area contributed by atoms with Crippen molar-refractivity contribution in [3.63, 3.8) is 0 Å². The molecule has 0 aromatic rings. The van der Waals surface area contributed by atoms with Gasteiger partial charge in [0.25, 0.3) is 0 Å². The van der Waals surface area contributed by atoms with E-state index in [0.29, 0.717) is 0 Å². The average Bonchev–Trinajstić information content (AvgIpc) is 2.16. The van der Waals surface area contributed by atoms with Gasteiger partial charge < -0.3 is 16.3 Å². The van der Waals surface area contributed by atoms with Crippen LogP contribution in [0.3, 0.4) is 0 Å². The van der Waals surface area contributed by atoms with Gasteiger partial charge in [-0.1, -0.05) is 24.2 Å². The minimum Gasteiger partial charge on any atom is -0.409 e. The van der Waals surface area contributed by atoms with Gasteiger partial charge in [0.2, 0.25) is 0 Å². The fourth-order valence-electron chi connectivity index (χ4n) is 0.874. The predicted octanol–water partition coefficient (Wildman–Crippen LogP) is 0.925. The zero-order chi connectivity index (χ0) is 10.1. The van der Waals surface area contributed by atoms with E-state index < -0.39 is 0 Å². The summed E-state index contributed by atoms with van der Waals surface area (Å²) in [5.74, 6) is 0.356. The van der Waals surface area contributed by atoms with Crippen LogP contribution in [0.2, 0.25) is 0 Å². The van der Waals surface area contributed by atoms with Crippen LogP contribution in [0.1, 0.15) is 20.3 Å². The largest absolute Gasteiger partial charge is 0.409 e. The third-order valence-electron chi connectivity index (χ3n) is 1.79. The number of nitrogens with one attached hydrogen (secondary N) is 1. The van der Waals surface area contributed by atoms with Crippen LogP contribution in [-0.4, -0.2) is 24.1 Å². The van der Waals surface area contributed by atoms with Crippen molar-refractivity contribution >= 4 is 5.84 Å². The Kier molecular flexibility index (Phi) is 7.01. The first-order chi connectivity index (χ1) is 6.22. The van der Waals surface area contributed by atoms with Gasteiger partial charge in [0.05, 0.1) is 0 Å². The monoisotopic (exact) mass is 185 g/mol. The lowest BCUT2D eigenvalue weighted by atomic mass is 10.1. The molecule has 0 aliphatic heterocycles. The number of nitrogens with two attached hydrogens (primary N) is 1. The lowest BCUT2D eigenvalue weighted by molar-refractivity contribution is 0.314. The van der Waals surface area contributed by atoms with Crippen molar-refractivity contribution in [1.82, 2.24) is 5.32 Å². The highest BCUT2D eigenvalue weighted by atomic mass is 16.4. The fraction of sp³-hybridized carbons (Fsp3) is 0.667. The van der Waals surface area contributed by atoms with E-state index in [2.05, 4.69) is 16.5 Å². The average molecular weight is 185 g/mol. The summed E-state index contributed by atoms with van der Waals surface area (Å²) in [5, 5.41) is 14.5. The Morgan fingerprint density at radius 2 is 2.38 bits per heavy atom. The van der Waals surface area contributed by atoms with Gasteiger partial charge in [-0.05, 0) is 19.9 Å². The summed E-state index contributed by atoms with van der Waals surface area (Å²) < 4.78 is 0. The molecular formula is C9H19N3O. The molecule has 0 bridgehead atoms. The number of oxime groups is 1. The molecule has 0 aromatic heterocycles. The zero-order valence-electron chi connectivity index (χ0n) is 8.33. The smallest absolute Gasteiger partial charge is 0.143 e. The van der Waals surface area contributed by atoms with Crippen molar-refractivity contribution in [1.29, 1.82) is 0 Å². The summed E-state index contributed by atoms with van der Waals surface area (Å²) >= 11 is 0. The molecule has 0 aromatic carbocycles. The van der Waals surface area contributed by atoms with Gasteiger partial charge >= 0.3 is 0 Å².